The summed E-state index contributed by atoms with van der Waals surface area (Å²) in [7, 11) is 1.49. The lowest BCUT2D eigenvalue weighted by Gasteiger charge is -2.14. The summed E-state index contributed by atoms with van der Waals surface area (Å²) in [5.74, 6) is 2.98. The number of allylic oxidation sites excluding steroid dienone is 1. The predicted molar refractivity (Wildman–Crippen MR) is 122 cm³/mol. The van der Waals surface area contributed by atoms with Crippen LogP contribution < -0.4 is 14.2 Å². The van der Waals surface area contributed by atoms with E-state index in [4.69, 9.17) is 19.0 Å². The molecule has 0 amide bonds. The van der Waals surface area contributed by atoms with Gasteiger partial charge in [-0.25, -0.2) is 9.97 Å². The first-order chi connectivity index (χ1) is 15.0. The molecule has 0 atom stereocenters. The Morgan fingerprint density at radius 2 is 1.58 bits per heavy atom. The minimum atomic E-state index is 0.523. The lowest BCUT2D eigenvalue weighted by molar-refractivity contribution is 0.213. The summed E-state index contributed by atoms with van der Waals surface area (Å²) in [4.78, 5) is 13.2. The quantitative estimate of drug-likeness (QED) is 0.193. The zero-order valence-corrected chi connectivity index (χ0v) is 19.2. The molecule has 0 unspecified atom stereocenters. The Morgan fingerprint density at radius 3 is 2.19 bits per heavy atom. The second-order valence-corrected chi connectivity index (χ2v) is 7.13. The number of oxime groups is 1. The van der Waals surface area contributed by atoms with E-state index in [1.165, 1.54) is 7.11 Å². The molecule has 0 N–H and O–H groups in total. The Labute approximate surface area is 185 Å². The first-order valence-corrected chi connectivity index (χ1v) is 10.6. The van der Waals surface area contributed by atoms with Gasteiger partial charge in [-0.1, -0.05) is 17.3 Å². The Kier molecular flexibility index (Phi) is 10.3. The van der Waals surface area contributed by atoms with Gasteiger partial charge in [-0.3, -0.25) is 0 Å². The zero-order valence-electron chi connectivity index (χ0n) is 19.2. The van der Waals surface area contributed by atoms with Gasteiger partial charge in [0.15, 0.2) is 11.6 Å². The van der Waals surface area contributed by atoms with Crippen molar-refractivity contribution in [3.63, 3.8) is 0 Å². The van der Waals surface area contributed by atoms with Crippen LogP contribution in [-0.2, 0) is 4.84 Å². The Bertz CT molecular complexity index is 841. The highest BCUT2D eigenvalue weighted by Gasteiger charge is 2.07. The minimum absolute atomic E-state index is 0.523. The molecule has 2 aromatic rings. The molecule has 0 saturated carbocycles. The van der Waals surface area contributed by atoms with Crippen LogP contribution >= 0.6 is 0 Å². The van der Waals surface area contributed by atoms with Gasteiger partial charge >= 0.3 is 0 Å². The van der Waals surface area contributed by atoms with Crippen LogP contribution in [0.2, 0.25) is 0 Å². The summed E-state index contributed by atoms with van der Waals surface area (Å²) < 4.78 is 17.4. The number of rotatable bonds is 13. The van der Waals surface area contributed by atoms with Crippen LogP contribution in [0.5, 0.6) is 17.2 Å². The smallest absolute Gasteiger partial charge is 0.177 e. The fraction of sp³-hybridized carbons (Fsp3) is 0.458. The summed E-state index contributed by atoms with van der Waals surface area (Å²) in [6.07, 6.45) is 10.2. The monoisotopic (exact) mass is 427 g/mol. The van der Waals surface area contributed by atoms with Gasteiger partial charge in [0.2, 0.25) is 0 Å². The highest BCUT2D eigenvalue weighted by atomic mass is 16.6. The molecule has 1 aromatic carbocycles. The van der Waals surface area contributed by atoms with Crippen molar-refractivity contribution in [2.45, 2.75) is 47.0 Å². The third-order valence-electron chi connectivity index (χ3n) is 4.50. The van der Waals surface area contributed by atoms with Crippen LogP contribution in [0.25, 0.3) is 0 Å². The lowest BCUT2D eigenvalue weighted by Crippen LogP contribution is -2.05. The van der Waals surface area contributed by atoms with E-state index < -0.39 is 0 Å². The highest BCUT2D eigenvalue weighted by molar-refractivity contribution is 5.94. The zero-order chi connectivity index (χ0) is 22.5. The van der Waals surface area contributed by atoms with Crippen molar-refractivity contribution in [3.05, 3.63) is 53.6 Å². The van der Waals surface area contributed by atoms with Crippen LogP contribution in [0, 0.1) is 13.8 Å². The fourth-order valence-corrected chi connectivity index (χ4v) is 2.96. The molecule has 0 spiro atoms. The van der Waals surface area contributed by atoms with E-state index >= 15 is 0 Å². The molecule has 1 aromatic heterocycles. The van der Waals surface area contributed by atoms with Crippen molar-refractivity contribution in [1.82, 2.24) is 9.97 Å². The molecule has 0 saturated heterocycles. The maximum absolute atomic E-state index is 6.02. The van der Waals surface area contributed by atoms with Gasteiger partial charge in [-0.2, -0.15) is 0 Å². The highest BCUT2D eigenvalue weighted by Crippen LogP contribution is 2.28. The second kappa shape index (κ2) is 13.3. The van der Waals surface area contributed by atoms with Crippen molar-refractivity contribution in [1.29, 1.82) is 0 Å². The van der Waals surface area contributed by atoms with Gasteiger partial charge in [0.25, 0.3) is 0 Å². The van der Waals surface area contributed by atoms with E-state index in [2.05, 4.69) is 29.0 Å². The van der Waals surface area contributed by atoms with Gasteiger partial charge in [0, 0.05) is 0 Å². The summed E-state index contributed by atoms with van der Waals surface area (Å²) in [6, 6.07) is 4.05. The Hall–Kier alpha value is -3.09. The number of aryl methyl sites for hydroxylation is 2. The van der Waals surface area contributed by atoms with Crippen molar-refractivity contribution in [2.24, 2.45) is 5.16 Å². The van der Waals surface area contributed by atoms with E-state index in [-0.39, 0.29) is 0 Å². The first kappa shape index (κ1) is 24.2. The largest absolute Gasteiger partial charge is 0.493 e. The van der Waals surface area contributed by atoms with E-state index in [0.29, 0.717) is 37.1 Å². The summed E-state index contributed by atoms with van der Waals surface area (Å²) in [5, 5.41) is 3.81. The Balaban J connectivity index is 1.67. The Morgan fingerprint density at radius 1 is 0.935 bits per heavy atom. The molecule has 0 aliphatic carbocycles. The molecule has 1 heterocycles. The second-order valence-electron chi connectivity index (χ2n) is 7.13. The van der Waals surface area contributed by atoms with Crippen LogP contribution in [-0.4, -0.2) is 42.6 Å². The van der Waals surface area contributed by atoms with Crippen LogP contribution in [0.15, 0.2) is 41.8 Å². The number of benzene rings is 1. The van der Waals surface area contributed by atoms with Gasteiger partial charge in [0.05, 0.1) is 25.6 Å². The van der Waals surface area contributed by atoms with E-state index in [0.717, 1.165) is 41.9 Å². The maximum Gasteiger partial charge on any atom is 0.177 e. The fourth-order valence-electron chi connectivity index (χ4n) is 2.96. The molecule has 31 heavy (non-hydrogen) atoms. The van der Waals surface area contributed by atoms with Gasteiger partial charge in [-0.05, 0) is 70.2 Å². The third kappa shape index (κ3) is 8.28. The molecule has 0 aliphatic heterocycles. The van der Waals surface area contributed by atoms with Crippen molar-refractivity contribution >= 4 is 5.71 Å². The molecule has 7 heteroatoms. The number of hydrogen-bond acceptors (Lipinski definition) is 7. The summed E-state index contributed by atoms with van der Waals surface area (Å²) in [5.41, 5.74) is 2.80. The molecular formula is C24H33N3O4. The average Bonchev–Trinajstić information content (AvgIpc) is 2.75. The average molecular weight is 428 g/mol. The molecule has 0 aliphatic rings. The predicted octanol–water partition coefficient (Wildman–Crippen LogP) is 5.05. The van der Waals surface area contributed by atoms with Crippen molar-refractivity contribution < 1.29 is 19.0 Å². The number of aromatic nitrogens is 2. The first-order valence-electron chi connectivity index (χ1n) is 10.6. The molecule has 0 fully saturated rings. The molecular weight excluding hydrogens is 394 g/mol. The van der Waals surface area contributed by atoms with Crippen LogP contribution in [0.1, 0.15) is 50.1 Å². The molecule has 168 valence electrons. The maximum atomic E-state index is 6.02. The SMILES string of the molecule is C/C=C/COc1cc(C)c(OCCCCCOc2cnc(/C(C)=N/OC)nc2)c(C)c1. The number of ether oxygens (including phenoxy) is 3. The molecule has 7 nitrogen and oxygen atoms in total. The minimum Gasteiger partial charge on any atom is -0.493 e. The number of unbranched alkanes of at least 4 members (excludes halogenated alkanes) is 2. The van der Waals surface area contributed by atoms with Gasteiger partial charge in [0.1, 0.15) is 30.9 Å². The number of hydrogen-bond donors (Lipinski definition) is 0. The van der Waals surface area contributed by atoms with E-state index in [9.17, 15) is 0 Å². The van der Waals surface area contributed by atoms with Crippen LogP contribution in [0.3, 0.4) is 0 Å². The van der Waals surface area contributed by atoms with E-state index in [1.807, 2.05) is 31.2 Å². The topological polar surface area (TPSA) is 75.1 Å². The normalized spacial score (nSPS) is 11.6. The summed E-state index contributed by atoms with van der Waals surface area (Å²) >= 11 is 0. The molecule has 2 rings (SSSR count). The standard InChI is InChI=1S/C24H33N3O4/c1-6-7-11-29-21-14-18(2)23(19(3)15-21)31-13-10-8-9-12-30-22-16-25-24(26-17-22)20(4)27-28-5/h6-7,14-17H,8-13H2,1-5H3/b7-6+,27-20+. The van der Waals surface area contributed by atoms with Gasteiger partial charge < -0.3 is 19.0 Å². The van der Waals surface area contributed by atoms with E-state index in [1.54, 1.807) is 19.3 Å². The van der Waals surface area contributed by atoms with Crippen molar-refractivity contribution in [3.8, 4) is 17.2 Å². The lowest BCUT2D eigenvalue weighted by atomic mass is 10.1. The number of nitrogens with zero attached hydrogens (tertiary/aromatic N) is 3. The van der Waals surface area contributed by atoms with Crippen LogP contribution in [0.4, 0.5) is 0 Å². The van der Waals surface area contributed by atoms with Gasteiger partial charge in [-0.15, -0.1) is 0 Å². The molecule has 0 bridgehead atoms. The summed E-state index contributed by atoms with van der Waals surface area (Å²) in [6.45, 7) is 9.74. The molecule has 0 radical (unpaired) electrons. The van der Waals surface area contributed by atoms with Crippen molar-refractivity contribution in [2.75, 3.05) is 26.9 Å². The third-order valence-corrected chi connectivity index (χ3v) is 4.50.